The van der Waals surface area contributed by atoms with E-state index in [1.807, 2.05) is 43.9 Å². The fraction of sp³-hybridized carbons (Fsp3) is 0.480. The first-order chi connectivity index (χ1) is 14.2. The molecule has 2 heterocycles. The van der Waals surface area contributed by atoms with Gasteiger partial charge in [0.05, 0.1) is 11.1 Å². The van der Waals surface area contributed by atoms with E-state index < -0.39 is 34.7 Å². The number of fused-ring (bicyclic) bond motifs is 2. The molecule has 0 radical (unpaired) electrons. The van der Waals surface area contributed by atoms with Crippen LogP contribution in [0.1, 0.15) is 63.7 Å². The van der Waals surface area contributed by atoms with Crippen molar-refractivity contribution in [1.29, 1.82) is 0 Å². The van der Waals surface area contributed by atoms with Crippen LogP contribution in [0.15, 0.2) is 54.6 Å². The summed E-state index contributed by atoms with van der Waals surface area (Å²) in [4.78, 5) is 15.3. The average molecular weight is 412 g/mol. The lowest BCUT2D eigenvalue weighted by molar-refractivity contribution is -0.0385. The number of carbonyl (C=O) groups is 1. The maximum atomic E-state index is 13.9. The predicted octanol–water partition coefficient (Wildman–Crippen LogP) is 5.40. The van der Waals surface area contributed by atoms with Crippen molar-refractivity contribution in [3.63, 3.8) is 0 Å². The smallest absolute Gasteiger partial charge is 0.411 e. The molecule has 0 aliphatic carbocycles. The molecule has 2 aromatic rings. The minimum absolute atomic E-state index is 0.390. The van der Waals surface area contributed by atoms with Gasteiger partial charge in [0, 0.05) is 0 Å². The Labute approximate surface area is 177 Å². The third-order valence-electron chi connectivity index (χ3n) is 6.59. The van der Waals surface area contributed by atoms with Crippen LogP contribution in [0, 0.1) is 5.82 Å². The van der Waals surface area contributed by atoms with Crippen molar-refractivity contribution in [1.82, 2.24) is 4.90 Å². The monoisotopic (exact) mass is 411 g/mol. The highest BCUT2D eigenvalue weighted by atomic mass is 19.1. The molecule has 2 saturated heterocycles. The Morgan fingerprint density at radius 3 is 2.37 bits per heavy atom. The first-order valence-corrected chi connectivity index (χ1v) is 10.7. The van der Waals surface area contributed by atoms with E-state index in [-0.39, 0.29) is 0 Å². The summed E-state index contributed by atoms with van der Waals surface area (Å²) in [6.45, 7) is 5.55. The van der Waals surface area contributed by atoms with Crippen molar-refractivity contribution in [2.75, 3.05) is 0 Å². The third-order valence-corrected chi connectivity index (χ3v) is 6.59. The minimum atomic E-state index is -0.971. The second-order valence-electron chi connectivity index (χ2n) is 9.76. The zero-order chi connectivity index (χ0) is 21.6. The molecule has 1 amide bonds. The van der Waals surface area contributed by atoms with Crippen LogP contribution in [-0.4, -0.2) is 32.8 Å². The summed E-state index contributed by atoms with van der Waals surface area (Å²) in [5.74, 6) is -0.390. The molecular formula is C25H30FNO3. The molecular weight excluding hydrogens is 381 g/mol. The van der Waals surface area contributed by atoms with E-state index in [9.17, 15) is 14.3 Å². The maximum absolute atomic E-state index is 13.9. The highest BCUT2D eigenvalue weighted by molar-refractivity contribution is 5.72. The van der Waals surface area contributed by atoms with Gasteiger partial charge in [-0.25, -0.2) is 9.18 Å². The van der Waals surface area contributed by atoms with Crippen molar-refractivity contribution >= 4 is 6.09 Å². The summed E-state index contributed by atoms with van der Waals surface area (Å²) in [5.41, 5.74) is -0.175. The molecule has 2 bridgehead atoms. The molecule has 1 N–H and O–H groups in total. The van der Waals surface area contributed by atoms with Crippen LogP contribution in [0.25, 0.3) is 0 Å². The SMILES string of the molecule is CC(C)(C)OC(=O)N1C2(Cc3ccccc3)CCC1(C(O)c1cccc(F)c1)CC2. The number of carbonyl (C=O) groups excluding carboxylic acids is 1. The normalized spacial score (nSPS) is 26.6. The fourth-order valence-corrected chi connectivity index (χ4v) is 5.37. The predicted molar refractivity (Wildman–Crippen MR) is 114 cm³/mol. The summed E-state index contributed by atoms with van der Waals surface area (Å²) in [6, 6.07) is 16.2. The lowest BCUT2D eigenvalue weighted by atomic mass is 9.76. The first kappa shape index (κ1) is 20.9. The Morgan fingerprint density at radius 1 is 1.10 bits per heavy atom. The number of hydrogen-bond donors (Lipinski definition) is 1. The number of ether oxygens (including phenoxy) is 1. The number of aliphatic hydroxyl groups excluding tert-OH is 1. The van der Waals surface area contributed by atoms with E-state index in [1.165, 1.54) is 12.1 Å². The standard InChI is InChI=1S/C25H30FNO3/c1-23(2,3)30-22(29)27-24(17-18-8-5-4-6-9-18)12-14-25(27,15-13-24)21(28)19-10-7-11-20(26)16-19/h4-11,16,21,28H,12-15,17H2,1-3H3. The summed E-state index contributed by atoms with van der Waals surface area (Å²) >= 11 is 0. The van der Waals surface area contributed by atoms with Crippen molar-refractivity contribution in [3.8, 4) is 0 Å². The molecule has 5 heteroatoms. The molecule has 2 aromatic carbocycles. The molecule has 2 fully saturated rings. The molecule has 4 rings (SSSR count). The second kappa shape index (κ2) is 7.38. The van der Waals surface area contributed by atoms with E-state index in [4.69, 9.17) is 4.74 Å². The fourth-order valence-electron chi connectivity index (χ4n) is 5.37. The first-order valence-electron chi connectivity index (χ1n) is 10.7. The van der Waals surface area contributed by atoms with Crippen molar-refractivity contribution in [2.45, 2.75) is 75.7 Å². The number of amides is 1. The van der Waals surface area contributed by atoms with Gasteiger partial charge < -0.3 is 9.84 Å². The van der Waals surface area contributed by atoms with Gasteiger partial charge in [-0.05, 0) is 76.1 Å². The van der Waals surface area contributed by atoms with Crippen LogP contribution in [0.5, 0.6) is 0 Å². The largest absolute Gasteiger partial charge is 0.444 e. The lowest BCUT2D eigenvalue weighted by Crippen LogP contribution is -2.55. The molecule has 4 nitrogen and oxygen atoms in total. The van der Waals surface area contributed by atoms with Gasteiger partial charge in [0.1, 0.15) is 17.5 Å². The molecule has 0 aromatic heterocycles. The number of nitrogens with zero attached hydrogens (tertiary/aromatic N) is 1. The molecule has 1 unspecified atom stereocenters. The number of benzene rings is 2. The van der Waals surface area contributed by atoms with Gasteiger partial charge >= 0.3 is 6.09 Å². The number of halogens is 1. The molecule has 2 aliphatic heterocycles. The van der Waals surface area contributed by atoms with Gasteiger partial charge in [0.15, 0.2) is 0 Å². The summed E-state index contributed by atoms with van der Waals surface area (Å²) < 4.78 is 19.7. The summed E-state index contributed by atoms with van der Waals surface area (Å²) in [6.07, 6.45) is 2.24. The average Bonchev–Trinajstić information content (AvgIpc) is 3.18. The Balaban J connectivity index is 1.74. The quantitative estimate of drug-likeness (QED) is 0.732. The van der Waals surface area contributed by atoms with Gasteiger partial charge in [0.2, 0.25) is 0 Å². The summed E-state index contributed by atoms with van der Waals surface area (Å²) in [7, 11) is 0. The minimum Gasteiger partial charge on any atom is -0.444 e. The van der Waals surface area contributed by atoms with E-state index in [2.05, 4.69) is 12.1 Å². The van der Waals surface area contributed by atoms with Crippen LogP contribution < -0.4 is 0 Å². The van der Waals surface area contributed by atoms with E-state index in [1.54, 1.807) is 12.1 Å². The lowest BCUT2D eigenvalue weighted by Gasteiger charge is -2.42. The zero-order valence-electron chi connectivity index (χ0n) is 17.9. The molecule has 30 heavy (non-hydrogen) atoms. The van der Waals surface area contributed by atoms with Crippen molar-refractivity contribution in [2.24, 2.45) is 0 Å². The molecule has 0 spiro atoms. The number of rotatable bonds is 4. The molecule has 0 saturated carbocycles. The Kier molecular flexibility index (Phi) is 5.13. The molecule has 2 aliphatic rings. The van der Waals surface area contributed by atoms with Gasteiger partial charge in [-0.15, -0.1) is 0 Å². The van der Waals surface area contributed by atoms with Crippen LogP contribution in [0.2, 0.25) is 0 Å². The van der Waals surface area contributed by atoms with E-state index in [0.29, 0.717) is 24.8 Å². The van der Waals surface area contributed by atoms with E-state index in [0.717, 1.165) is 18.4 Å². The van der Waals surface area contributed by atoms with Gasteiger partial charge in [-0.2, -0.15) is 0 Å². The zero-order valence-corrected chi connectivity index (χ0v) is 17.9. The summed E-state index contributed by atoms with van der Waals surface area (Å²) in [5, 5.41) is 11.4. The molecule has 1 atom stereocenters. The van der Waals surface area contributed by atoms with E-state index >= 15 is 0 Å². The van der Waals surface area contributed by atoms with Gasteiger partial charge in [-0.1, -0.05) is 42.5 Å². The maximum Gasteiger partial charge on any atom is 0.411 e. The van der Waals surface area contributed by atoms with Gasteiger partial charge in [0.25, 0.3) is 0 Å². The van der Waals surface area contributed by atoms with Crippen LogP contribution in [0.4, 0.5) is 9.18 Å². The Morgan fingerprint density at radius 2 is 1.77 bits per heavy atom. The Bertz CT molecular complexity index is 913. The van der Waals surface area contributed by atoms with Crippen molar-refractivity contribution in [3.05, 3.63) is 71.5 Å². The van der Waals surface area contributed by atoms with Gasteiger partial charge in [-0.3, -0.25) is 4.90 Å². The number of hydrogen-bond acceptors (Lipinski definition) is 3. The van der Waals surface area contributed by atoms with Crippen LogP contribution in [-0.2, 0) is 11.2 Å². The Hall–Kier alpha value is -2.40. The van der Waals surface area contributed by atoms with Crippen LogP contribution >= 0.6 is 0 Å². The molecule has 160 valence electrons. The third kappa shape index (κ3) is 3.60. The highest BCUT2D eigenvalue weighted by Gasteiger charge is 2.65. The van der Waals surface area contributed by atoms with Crippen molar-refractivity contribution < 1.29 is 19.0 Å². The van der Waals surface area contributed by atoms with Crippen LogP contribution in [0.3, 0.4) is 0 Å². The second-order valence-corrected chi connectivity index (χ2v) is 9.76. The number of aliphatic hydroxyl groups is 1. The topological polar surface area (TPSA) is 49.8 Å². The highest BCUT2D eigenvalue weighted by Crippen LogP contribution is 2.59.